The van der Waals surface area contributed by atoms with Crippen molar-refractivity contribution in [1.29, 1.82) is 0 Å². The number of pyridine rings is 1. The van der Waals surface area contributed by atoms with Crippen LogP contribution in [0.25, 0.3) is 0 Å². The van der Waals surface area contributed by atoms with Crippen LogP contribution in [0.5, 0.6) is 0 Å². The van der Waals surface area contributed by atoms with Gasteiger partial charge in [0.25, 0.3) is 0 Å². The van der Waals surface area contributed by atoms with Crippen molar-refractivity contribution >= 4 is 11.8 Å². The highest BCUT2D eigenvalue weighted by molar-refractivity contribution is 5.80. The smallest absolute Gasteiger partial charge is 0.205 e. The summed E-state index contributed by atoms with van der Waals surface area (Å²) in [5.41, 5.74) is 6.62. The van der Waals surface area contributed by atoms with Gasteiger partial charge in [-0.2, -0.15) is 0 Å². The highest BCUT2D eigenvalue weighted by atomic mass is 16.4. The maximum Gasteiger partial charge on any atom is 0.205 e. The zero-order valence-electron chi connectivity index (χ0n) is 11.3. The summed E-state index contributed by atoms with van der Waals surface area (Å²) in [7, 11) is 1.93. The summed E-state index contributed by atoms with van der Waals surface area (Å²) in [6, 6.07) is 3.90. The van der Waals surface area contributed by atoms with Crippen molar-refractivity contribution in [3.05, 3.63) is 42.5 Å². The third-order valence-electron chi connectivity index (χ3n) is 2.94. The maximum absolute atomic E-state index is 8.64. The maximum atomic E-state index is 8.64. The van der Waals surface area contributed by atoms with Crippen LogP contribution in [0.3, 0.4) is 0 Å². The Kier molecular flexibility index (Phi) is 4.54. The molecule has 2 rings (SSSR count). The van der Waals surface area contributed by atoms with Gasteiger partial charge in [-0.15, -0.1) is 0 Å². The molecule has 0 spiro atoms. The first-order chi connectivity index (χ1) is 9.70. The molecule has 2 heterocycles. The van der Waals surface area contributed by atoms with E-state index in [1.165, 1.54) is 0 Å². The van der Waals surface area contributed by atoms with Crippen LogP contribution in [0.1, 0.15) is 12.0 Å². The summed E-state index contributed by atoms with van der Waals surface area (Å²) in [6.45, 7) is 1.27. The van der Waals surface area contributed by atoms with Crippen molar-refractivity contribution in [2.75, 3.05) is 11.4 Å². The van der Waals surface area contributed by atoms with Crippen molar-refractivity contribution in [3.63, 3.8) is 0 Å². The van der Waals surface area contributed by atoms with Gasteiger partial charge in [-0.25, -0.2) is 4.98 Å². The number of aryl methyl sites for hydroxylation is 1. The molecule has 0 radical (unpaired) electrons. The predicted octanol–water partition coefficient (Wildman–Crippen LogP) is 0.958. The average Bonchev–Trinajstić information content (AvgIpc) is 2.90. The highest BCUT2D eigenvalue weighted by Gasteiger charge is 2.12. The van der Waals surface area contributed by atoms with E-state index < -0.39 is 0 Å². The van der Waals surface area contributed by atoms with Gasteiger partial charge < -0.3 is 20.4 Å². The van der Waals surface area contributed by atoms with Crippen molar-refractivity contribution in [1.82, 2.24) is 14.5 Å². The van der Waals surface area contributed by atoms with Gasteiger partial charge >= 0.3 is 0 Å². The van der Waals surface area contributed by atoms with E-state index in [0.717, 1.165) is 11.5 Å². The first-order valence-electron chi connectivity index (χ1n) is 6.28. The van der Waals surface area contributed by atoms with Crippen LogP contribution >= 0.6 is 0 Å². The summed E-state index contributed by atoms with van der Waals surface area (Å²) in [6.07, 6.45) is 7.65. The first kappa shape index (κ1) is 13.9. The normalized spacial score (nSPS) is 11.6. The molecule has 0 atom stereocenters. The molecular formula is C13H18N6O. The first-order valence-corrected chi connectivity index (χ1v) is 6.28. The van der Waals surface area contributed by atoms with Crippen LogP contribution in [-0.4, -0.2) is 32.1 Å². The van der Waals surface area contributed by atoms with Crippen LogP contribution < -0.4 is 10.6 Å². The van der Waals surface area contributed by atoms with Crippen molar-refractivity contribution in [2.45, 2.75) is 13.0 Å². The largest absolute Gasteiger partial charge is 0.409 e. The van der Waals surface area contributed by atoms with E-state index in [9.17, 15) is 0 Å². The Morgan fingerprint density at radius 3 is 2.95 bits per heavy atom. The molecule has 0 amide bonds. The van der Waals surface area contributed by atoms with Gasteiger partial charge in [0.15, 0.2) is 0 Å². The van der Waals surface area contributed by atoms with Crippen LogP contribution in [0.15, 0.2) is 42.1 Å². The van der Waals surface area contributed by atoms with E-state index in [0.29, 0.717) is 19.5 Å². The number of rotatable bonds is 6. The van der Waals surface area contributed by atoms with E-state index in [2.05, 4.69) is 20.0 Å². The molecule has 0 unspecified atom stereocenters. The summed E-state index contributed by atoms with van der Waals surface area (Å²) < 4.78 is 1.93. The van der Waals surface area contributed by atoms with Crippen molar-refractivity contribution < 1.29 is 5.21 Å². The van der Waals surface area contributed by atoms with E-state index in [-0.39, 0.29) is 5.84 Å². The SMILES string of the molecule is Cn1ccnc1N(CCC(N)=NO)Cc1cccnc1. The average molecular weight is 274 g/mol. The predicted molar refractivity (Wildman–Crippen MR) is 76.5 cm³/mol. The fourth-order valence-electron chi connectivity index (χ4n) is 1.92. The number of nitrogens with two attached hydrogens (primary N) is 1. The lowest BCUT2D eigenvalue weighted by molar-refractivity contribution is 0.317. The lowest BCUT2D eigenvalue weighted by Crippen LogP contribution is -2.29. The number of amidine groups is 1. The van der Waals surface area contributed by atoms with Gasteiger partial charge in [-0.1, -0.05) is 11.2 Å². The number of imidazole rings is 1. The molecule has 0 aliphatic carbocycles. The van der Waals surface area contributed by atoms with Gasteiger partial charge in [0.05, 0.1) is 0 Å². The van der Waals surface area contributed by atoms with Crippen molar-refractivity contribution in [2.24, 2.45) is 17.9 Å². The molecular weight excluding hydrogens is 256 g/mol. The molecule has 0 aromatic carbocycles. The summed E-state index contributed by atoms with van der Waals surface area (Å²) >= 11 is 0. The molecule has 2 aromatic rings. The standard InChI is InChI=1S/C13H18N6O/c1-18-8-6-16-13(18)19(7-4-12(14)17-20)10-11-3-2-5-15-9-11/h2-3,5-6,8-9,20H,4,7,10H2,1H3,(H2,14,17). The third kappa shape index (κ3) is 3.47. The van der Waals surface area contributed by atoms with Gasteiger partial charge in [-0.3, -0.25) is 4.98 Å². The minimum absolute atomic E-state index is 0.204. The number of anilines is 1. The molecule has 0 aliphatic rings. The quantitative estimate of drug-likeness (QED) is 0.354. The number of aromatic nitrogens is 3. The molecule has 2 aromatic heterocycles. The lowest BCUT2D eigenvalue weighted by Gasteiger charge is -2.23. The minimum Gasteiger partial charge on any atom is -0.409 e. The Labute approximate surface area is 117 Å². The van der Waals surface area contributed by atoms with Gasteiger partial charge in [0, 0.05) is 51.3 Å². The Balaban J connectivity index is 2.14. The highest BCUT2D eigenvalue weighted by Crippen LogP contribution is 2.14. The molecule has 106 valence electrons. The molecule has 0 fully saturated rings. The van der Waals surface area contributed by atoms with Gasteiger partial charge in [0.1, 0.15) is 5.84 Å². The number of oxime groups is 1. The van der Waals surface area contributed by atoms with Crippen LogP contribution in [0, 0.1) is 0 Å². The Morgan fingerprint density at radius 2 is 2.35 bits per heavy atom. The van der Waals surface area contributed by atoms with Crippen LogP contribution in [0.4, 0.5) is 5.95 Å². The molecule has 0 aliphatic heterocycles. The molecule has 0 bridgehead atoms. The topological polar surface area (TPSA) is 92.6 Å². The molecule has 3 N–H and O–H groups in total. The Hall–Kier alpha value is -2.57. The zero-order valence-corrected chi connectivity index (χ0v) is 11.3. The van der Waals surface area contributed by atoms with Gasteiger partial charge in [0.2, 0.25) is 5.95 Å². The molecule has 20 heavy (non-hydrogen) atoms. The second kappa shape index (κ2) is 6.55. The number of hydrogen-bond donors (Lipinski definition) is 2. The number of nitrogens with zero attached hydrogens (tertiary/aromatic N) is 5. The van der Waals surface area contributed by atoms with Gasteiger partial charge in [-0.05, 0) is 11.6 Å². The lowest BCUT2D eigenvalue weighted by atomic mass is 10.2. The summed E-state index contributed by atoms with van der Waals surface area (Å²) in [5, 5.41) is 11.6. The molecule has 0 saturated heterocycles. The van der Waals surface area contributed by atoms with E-state index in [4.69, 9.17) is 10.9 Å². The fraction of sp³-hybridized carbons (Fsp3) is 0.308. The van der Waals surface area contributed by atoms with Crippen LogP contribution in [0.2, 0.25) is 0 Å². The second-order valence-corrected chi connectivity index (χ2v) is 4.46. The minimum atomic E-state index is 0.204. The fourth-order valence-corrected chi connectivity index (χ4v) is 1.92. The Morgan fingerprint density at radius 1 is 1.50 bits per heavy atom. The Bertz CT molecular complexity index is 565. The molecule has 7 nitrogen and oxygen atoms in total. The molecule has 0 saturated carbocycles. The van der Waals surface area contributed by atoms with E-state index >= 15 is 0 Å². The monoisotopic (exact) mass is 274 g/mol. The third-order valence-corrected chi connectivity index (χ3v) is 2.94. The van der Waals surface area contributed by atoms with E-state index in [1.807, 2.05) is 36.1 Å². The van der Waals surface area contributed by atoms with E-state index in [1.54, 1.807) is 12.4 Å². The summed E-state index contributed by atoms with van der Waals surface area (Å²) in [5.74, 6) is 1.04. The summed E-state index contributed by atoms with van der Waals surface area (Å²) in [4.78, 5) is 10.5. The molecule has 7 heteroatoms. The van der Waals surface area contributed by atoms with Crippen LogP contribution in [-0.2, 0) is 13.6 Å². The van der Waals surface area contributed by atoms with Crippen molar-refractivity contribution in [3.8, 4) is 0 Å². The number of hydrogen-bond acceptors (Lipinski definition) is 5. The zero-order chi connectivity index (χ0) is 14.4. The second-order valence-electron chi connectivity index (χ2n) is 4.46.